The third kappa shape index (κ3) is 2.85. The van der Waals surface area contributed by atoms with Gasteiger partial charge in [-0.2, -0.15) is 9.40 Å². The summed E-state index contributed by atoms with van der Waals surface area (Å²) in [5.74, 6) is 0.852. The van der Waals surface area contributed by atoms with Crippen LogP contribution in [0.4, 0.5) is 0 Å². The number of aryl methyl sites for hydroxylation is 2. The largest absolute Gasteiger partial charge is 0.490 e. The second kappa shape index (κ2) is 6.14. The van der Waals surface area contributed by atoms with Gasteiger partial charge in [0.1, 0.15) is 16.7 Å². The average Bonchev–Trinajstić information content (AvgIpc) is 3.06. The lowest BCUT2D eigenvalue weighted by Crippen LogP contribution is -2.49. The maximum Gasteiger partial charge on any atom is 0.247 e. The normalized spacial score (nSPS) is 26.7. The van der Waals surface area contributed by atoms with Crippen LogP contribution in [0.3, 0.4) is 0 Å². The van der Waals surface area contributed by atoms with Crippen molar-refractivity contribution < 1.29 is 13.2 Å². The summed E-state index contributed by atoms with van der Waals surface area (Å²) in [4.78, 5) is 0.340. The van der Waals surface area contributed by atoms with Crippen LogP contribution >= 0.6 is 0 Å². The average molecular weight is 361 g/mol. The number of ether oxygens (including phenoxy) is 1. The molecule has 0 spiro atoms. The van der Waals surface area contributed by atoms with Crippen molar-refractivity contribution in [3.63, 3.8) is 0 Å². The molecular formula is C18H23N3O3S. The Morgan fingerprint density at radius 2 is 1.76 bits per heavy atom. The molecule has 2 fully saturated rings. The third-order valence-corrected chi connectivity index (χ3v) is 7.53. The molecule has 2 aromatic rings. The maximum atomic E-state index is 13.2. The summed E-state index contributed by atoms with van der Waals surface area (Å²) in [5, 5.41) is 6.86. The molecule has 0 amide bonds. The summed E-state index contributed by atoms with van der Waals surface area (Å²) < 4.78 is 34.3. The van der Waals surface area contributed by atoms with E-state index in [4.69, 9.17) is 4.74 Å². The van der Waals surface area contributed by atoms with Gasteiger partial charge < -0.3 is 4.74 Å². The predicted molar refractivity (Wildman–Crippen MR) is 94.0 cm³/mol. The van der Waals surface area contributed by atoms with E-state index in [9.17, 15) is 8.42 Å². The Labute approximate surface area is 148 Å². The van der Waals surface area contributed by atoms with Crippen molar-refractivity contribution in [3.05, 3.63) is 41.7 Å². The highest BCUT2D eigenvalue weighted by atomic mass is 32.2. The first-order valence-electron chi connectivity index (χ1n) is 8.73. The Morgan fingerprint density at radius 1 is 1.12 bits per heavy atom. The van der Waals surface area contributed by atoms with Gasteiger partial charge in [0, 0.05) is 24.9 Å². The molecule has 0 unspecified atom stereocenters. The van der Waals surface area contributed by atoms with Crippen molar-refractivity contribution in [1.29, 1.82) is 0 Å². The number of fused-ring (bicyclic) bond motifs is 2. The molecule has 4 rings (SSSR count). The van der Waals surface area contributed by atoms with Gasteiger partial charge >= 0.3 is 0 Å². The molecule has 25 heavy (non-hydrogen) atoms. The van der Waals surface area contributed by atoms with Crippen LogP contribution in [0.25, 0.3) is 0 Å². The fraction of sp³-hybridized carbons (Fsp3) is 0.500. The number of para-hydroxylation sites is 1. The smallest absolute Gasteiger partial charge is 0.247 e. The lowest BCUT2D eigenvalue weighted by atomic mass is 10.0. The number of sulfonamides is 1. The fourth-order valence-electron chi connectivity index (χ4n) is 4.29. The zero-order valence-electron chi connectivity index (χ0n) is 14.5. The Hall–Kier alpha value is -1.86. The minimum Gasteiger partial charge on any atom is -0.490 e. The molecule has 1 N–H and O–H groups in total. The molecule has 1 aromatic carbocycles. The first-order chi connectivity index (χ1) is 12.0. The number of hydrogen-bond donors (Lipinski definition) is 1. The van der Waals surface area contributed by atoms with Crippen LogP contribution < -0.4 is 4.74 Å². The van der Waals surface area contributed by atoms with Crippen molar-refractivity contribution in [2.75, 3.05) is 0 Å². The topological polar surface area (TPSA) is 75.3 Å². The molecular weight excluding hydrogens is 338 g/mol. The first-order valence-corrected chi connectivity index (χ1v) is 10.2. The number of hydrogen-bond acceptors (Lipinski definition) is 4. The van der Waals surface area contributed by atoms with Crippen LogP contribution in [0, 0.1) is 13.8 Å². The van der Waals surface area contributed by atoms with Crippen molar-refractivity contribution in [2.24, 2.45) is 0 Å². The summed E-state index contributed by atoms with van der Waals surface area (Å²) in [6.07, 6.45) is 3.34. The van der Waals surface area contributed by atoms with Gasteiger partial charge in [-0.25, -0.2) is 8.42 Å². The zero-order valence-corrected chi connectivity index (χ0v) is 15.3. The van der Waals surface area contributed by atoms with Crippen molar-refractivity contribution >= 4 is 10.0 Å². The predicted octanol–water partition coefficient (Wildman–Crippen LogP) is 2.79. The quantitative estimate of drug-likeness (QED) is 0.909. The fourth-order valence-corrected chi connectivity index (χ4v) is 6.52. The van der Waals surface area contributed by atoms with E-state index in [1.807, 2.05) is 30.3 Å². The molecule has 2 aliphatic rings. The van der Waals surface area contributed by atoms with Gasteiger partial charge in [-0.3, -0.25) is 5.10 Å². The summed E-state index contributed by atoms with van der Waals surface area (Å²) >= 11 is 0. The number of benzene rings is 1. The Kier molecular flexibility index (Phi) is 4.08. The van der Waals surface area contributed by atoms with Gasteiger partial charge in [-0.05, 0) is 38.8 Å². The number of aromatic amines is 1. The van der Waals surface area contributed by atoms with Crippen LogP contribution in [0.2, 0.25) is 0 Å². The molecule has 2 bridgehead atoms. The number of nitrogens with zero attached hydrogens (tertiary/aromatic N) is 2. The van der Waals surface area contributed by atoms with Gasteiger partial charge in [-0.1, -0.05) is 18.2 Å². The number of aromatic nitrogens is 2. The highest BCUT2D eigenvalue weighted by Gasteiger charge is 2.48. The van der Waals surface area contributed by atoms with E-state index >= 15 is 0 Å². The van der Waals surface area contributed by atoms with E-state index in [1.54, 1.807) is 18.2 Å². The number of piperidine rings is 1. The van der Waals surface area contributed by atoms with Gasteiger partial charge in [-0.15, -0.1) is 0 Å². The molecule has 0 radical (unpaired) electrons. The van der Waals surface area contributed by atoms with Crippen molar-refractivity contribution in [3.8, 4) is 5.75 Å². The van der Waals surface area contributed by atoms with E-state index in [2.05, 4.69) is 10.2 Å². The van der Waals surface area contributed by atoms with Crippen LogP contribution in [0.5, 0.6) is 5.75 Å². The molecule has 1 aromatic heterocycles. The Morgan fingerprint density at radius 3 is 2.32 bits per heavy atom. The lowest BCUT2D eigenvalue weighted by Gasteiger charge is -2.37. The Bertz CT molecular complexity index is 829. The van der Waals surface area contributed by atoms with Crippen molar-refractivity contribution in [1.82, 2.24) is 14.5 Å². The molecule has 2 aliphatic heterocycles. The SMILES string of the molecule is Cc1n[nH]c(C)c1S(=O)(=O)N1[C@@H]2CC[C@H]1C[C@H](Oc1ccccc1)C2. The molecule has 3 atom stereocenters. The lowest BCUT2D eigenvalue weighted by molar-refractivity contribution is 0.0956. The van der Waals surface area contributed by atoms with Gasteiger partial charge in [0.15, 0.2) is 0 Å². The van der Waals surface area contributed by atoms with Gasteiger partial charge in [0.25, 0.3) is 0 Å². The molecule has 3 heterocycles. The van der Waals surface area contributed by atoms with Crippen molar-refractivity contribution in [2.45, 2.75) is 62.6 Å². The van der Waals surface area contributed by atoms with E-state index < -0.39 is 10.0 Å². The first kappa shape index (κ1) is 16.6. The summed E-state index contributed by atoms with van der Waals surface area (Å²) in [5.41, 5.74) is 1.15. The number of H-pyrrole nitrogens is 1. The minimum atomic E-state index is -3.53. The molecule has 7 heteroatoms. The minimum absolute atomic E-state index is 0.00571. The second-order valence-corrected chi connectivity index (χ2v) is 8.79. The highest BCUT2D eigenvalue weighted by molar-refractivity contribution is 7.89. The standard InChI is InChI=1S/C18H23N3O3S/c1-12-18(13(2)20-19-12)25(22,23)21-14-8-9-15(21)11-17(10-14)24-16-6-4-3-5-7-16/h3-7,14-15,17H,8-11H2,1-2H3,(H,19,20)/t14-,15+,17-. The molecule has 0 saturated carbocycles. The Balaban J connectivity index is 1.57. The zero-order chi connectivity index (χ0) is 17.6. The van der Waals surface area contributed by atoms with Crippen LogP contribution in [-0.2, 0) is 10.0 Å². The van der Waals surface area contributed by atoms with Crippen LogP contribution in [0.1, 0.15) is 37.1 Å². The van der Waals surface area contributed by atoms with Gasteiger partial charge in [0.05, 0.1) is 11.4 Å². The molecule has 0 aliphatic carbocycles. The monoisotopic (exact) mass is 361 g/mol. The summed E-state index contributed by atoms with van der Waals surface area (Å²) in [7, 11) is -3.53. The molecule has 134 valence electrons. The highest BCUT2D eigenvalue weighted by Crippen LogP contribution is 2.41. The van der Waals surface area contributed by atoms with E-state index in [-0.39, 0.29) is 18.2 Å². The number of rotatable bonds is 4. The summed E-state index contributed by atoms with van der Waals surface area (Å²) in [6.45, 7) is 3.50. The van der Waals surface area contributed by atoms with E-state index in [0.717, 1.165) is 31.4 Å². The second-order valence-electron chi connectivity index (χ2n) is 7.01. The van der Waals surface area contributed by atoms with Gasteiger partial charge in [0.2, 0.25) is 10.0 Å². The maximum absolute atomic E-state index is 13.2. The van der Waals surface area contributed by atoms with Crippen LogP contribution in [-0.4, -0.2) is 41.1 Å². The van der Waals surface area contributed by atoms with E-state index in [1.165, 1.54) is 0 Å². The molecule has 2 saturated heterocycles. The third-order valence-electron chi connectivity index (χ3n) is 5.26. The molecule has 6 nitrogen and oxygen atoms in total. The summed E-state index contributed by atoms with van der Waals surface area (Å²) in [6, 6.07) is 9.77. The van der Waals surface area contributed by atoms with E-state index in [0.29, 0.717) is 16.3 Å². The van der Waals surface area contributed by atoms with Crippen LogP contribution in [0.15, 0.2) is 35.2 Å². The number of nitrogens with one attached hydrogen (secondary N) is 1.